The number of nitrogens with zero attached hydrogens (tertiary/aromatic N) is 4. The molecule has 3 aromatic heterocycles. The summed E-state index contributed by atoms with van der Waals surface area (Å²) in [6, 6.07) is 3.59. The van der Waals surface area contributed by atoms with Crippen LogP contribution in [0.3, 0.4) is 0 Å². The van der Waals surface area contributed by atoms with Gasteiger partial charge < -0.3 is 4.57 Å². The van der Waals surface area contributed by atoms with Gasteiger partial charge in [-0.15, -0.1) is 0 Å². The highest BCUT2D eigenvalue weighted by atomic mass is 32.2. The fourth-order valence-electron chi connectivity index (χ4n) is 2.09. The summed E-state index contributed by atoms with van der Waals surface area (Å²) in [6.45, 7) is 0. The van der Waals surface area contributed by atoms with Crippen LogP contribution in [0, 0.1) is 11.8 Å². The zero-order valence-corrected chi connectivity index (χ0v) is 12.1. The van der Waals surface area contributed by atoms with Gasteiger partial charge in [-0.25, -0.2) is 18.3 Å². The van der Waals surface area contributed by atoms with Gasteiger partial charge in [0.1, 0.15) is 11.5 Å². The van der Waals surface area contributed by atoms with Gasteiger partial charge in [0, 0.05) is 31.8 Å². The molecule has 0 saturated heterocycles. The molecule has 22 heavy (non-hydrogen) atoms. The highest BCUT2D eigenvalue weighted by molar-refractivity contribution is 7.89. The zero-order valence-electron chi connectivity index (χ0n) is 11.3. The summed E-state index contributed by atoms with van der Waals surface area (Å²) in [5, 5.41) is -0.284. The molecule has 0 spiro atoms. The maximum absolute atomic E-state index is 14.0. The van der Waals surface area contributed by atoms with Crippen molar-refractivity contribution < 1.29 is 17.2 Å². The highest BCUT2D eigenvalue weighted by Gasteiger charge is 2.27. The van der Waals surface area contributed by atoms with Gasteiger partial charge in [-0.2, -0.15) is 12.8 Å². The Labute approximate surface area is 124 Å². The molecule has 0 aliphatic carbocycles. The standard InChI is InChI=1S/C13H10F2N4O2S/c1-18-8-6-17-13(18)22(20,21)19-7-4-10(14)11(19)9-3-2-5-16-12(9)15/h2-8H,1H3. The van der Waals surface area contributed by atoms with Crippen molar-refractivity contribution in [3.8, 4) is 11.3 Å². The molecule has 0 atom stereocenters. The highest BCUT2D eigenvalue weighted by Crippen LogP contribution is 2.28. The van der Waals surface area contributed by atoms with E-state index in [-0.39, 0.29) is 10.7 Å². The molecule has 3 heterocycles. The fourth-order valence-corrected chi connectivity index (χ4v) is 3.53. The first-order chi connectivity index (χ1) is 10.4. The van der Waals surface area contributed by atoms with Crippen molar-refractivity contribution in [2.24, 2.45) is 7.05 Å². The van der Waals surface area contributed by atoms with Crippen molar-refractivity contribution in [1.82, 2.24) is 18.5 Å². The molecule has 114 valence electrons. The van der Waals surface area contributed by atoms with Gasteiger partial charge >= 0.3 is 10.0 Å². The van der Waals surface area contributed by atoms with Gasteiger partial charge in [0.05, 0.1) is 5.56 Å². The lowest BCUT2D eigenvalue weighted by Crippen LogP contribution is -2.18. The van der Waals surface area contributed by atoms with Crippen LogP contribution in [-0.2, 0) is 17.1 Å². The number of pyridine rings is 1. The number of hydrogen-bond acceptors (Lipinski definition) is 4. The molecular weight excluding hydrogens is 314 g/mol. The fraction of sp³-hybridized carbons (Fsp3) is 0.0769. The number of aryl methyl sites for hydroxylation is 1. The van der Waals surface area contributed by atoms with Gasteiger partial charge in [-0.1, -0.05) is 0 Å². The minimum absolute atomic E-state index is 0.247. The average molecular weight is 324 g/mol. The first-order valence-corrected chi connectivity index (χ1v) is 7.57. The molecule has 0 aliphatic rings. The molecule has 3 rings (SSSR count). The van der Waals surface area contributed by atoms with Crippen molar-refractivity contribution in [2.75, 3.05) is 0 Å². The van der Waals surface area contributed by atoms with Crippen LogP contribution in [0.15, 0.2) is 48.1 Å². The molecule has 0 radical (unpaired) electrons. The third-order valence-corrected chi connectivity index (χ3v) is 4.76. The van der Waals surface area contributed by atoms with Crippen LogP contribution in [0.2, 0.25) is 0 Å². The molecule has 0 N–H and O–H groups in total. The van der Waals surface area contributed by atoms with Crippen molar-refractivity contribution in [2.45, 2.75) is 5.16 Å². The van der Waals surface area contributed by atoms with E-state index in [2.05, 4.69) is 9.97 Å². The zero-order chi connectivity index (χ0) is 15.9. The number of imidazole rings is 1. The summed E-state index contributed by atoms with van der Waals surface area (Å²) in [6.07, 6.45) is 4.95. The second-order valence-electron chi connectivity index (χ2n) is 4.48. The SMILES string of the molecule is Cn1ccnc1S(=O)(=O)n1ccc(F)c1-c1cccnc1F. The second kappa shape index (κ2) is 5.02. The smallest absolute Gasteiger partial charge is 0.302 e. The Morgan fingerprint density at radius 1 is 1.09 bits per heavy atom. The van der Waals surface area contributed by atoms with Gasteiger partial charge in [0.25, 0.3) is 0 Å². The summed E-state index contributed by atoms with van der Waals surface area (Å²) in [5.41, 5.74) is -0.670. The molecule has 0 amide bonds. The van der Waals surface area contributed by atoms with E-state index in [0.29, 0.717) is 3.97 Å². The quantitative estimate of drug-likeness (QED) is 0.689. The molecule has 9 heteroatoms. The molecule has 0 aliphatic heterocycles. The molecule has 0 aromatic carbocycles. The lowest BCUT2D eigenvalue weighted by molar-refractivity contribution is 0.566. The third kappa shape index (κ3) is 2.10. The van der Waals surface area contributed by atoms with E-state index >= 15 is 0 Å². The second-order valence-corrected chi connectivity index (χ2v) is 6.18. The first kappa shape index (κ1) is 14.4. The Bertz CT molecular complexity index is 947. The largest absolute Gasteiger partial charge is 0.323 e. The average Bonchev–Trinajstić information content (AvgIpc) is 3.06. The molecule has 0 bridgehead atoms. The maximum Gasteiger partial charge on any atom is 0.302 e. The van der Waals surface area contributed by atoms with Crippen LogP contribution in [-0.4, -0.2) is 26.9 Å². The summed E-state index contributed by atoms with van der Waals surface area (Å²) >= 11 is 0. The number of halogens is 2. The van der Waals surface area contributed by atoms with Gasteiger partial charge in [-0.05, 0) is 18.2 Å². The third-order valence-electron chi connectivity index (χ3n) is 3.08. The summed E-state index contributed by atoms with van der Waals surface area (Å²) in [4.78, 5) is 7.17. The Hall–Kier alpha value is -2.55. The monoisotopic (exact) mass is 324 g/mol. The van der Waals surface area contributed by atoms with Crippen LogP contribution in [0.1, 0.15) is 0 Å². The lowest BCUT2D eigenvalue weighted by Gasteiger charge is -2.10. The number of aromatic nitrogens is 4. The minimum atomic E-state index is -4.17. The van der Waals surface area contributed by atoms with Crippen molar-refractivity contribution >= 4 is 10.0 Å². The van der Waals surface area contributed by atoms with Crippen molar-refractivity contribution in [3.05, 3.63) is 54.8 Å². The van der Waals surface area contributed by atoms with Crippen LogP contribution in [0.25, 0.3) is 11.3 Å². The van der Waals surface area contributed by atoms with E-state index in [1.165, 1.54) is 42.3 Å². The maximum atomic E-state index is 14.0. The molecule has 0 unspecified atom stereocenters. The Kier molecular flexibility index (Phi) is 3.28. The van der Waals surface area contributed by atoms with Crippen molar-refractivity contribution in [3.63, 3.8) is 0 Å². The van der Waals surface area contributed by atoms with E-state index in [1.807, 2.05) is 0 Å². The van der Waals surface area contributed by atoms with Gasteiger partial charge in [0.2, 0.25) is 11.1 Å². The Morgan fingerprint density at radius 3 is 2.50 bits per heavy atom. The van der Waals surface area contributed by atoms with E-state index in [1.54, 1.807) is 0 Å². The summed E-state index contributed by atoms with van der Waals surface area (Å²) in [5.74, 6) is -1.83. The van der Waals surface area contributed by atoms with Gasteiger partial charge in [0.15, 0.2) is 0 Å². The summed E-state index contributed by atoms with van der Waals surface area (Å²) < 4.78 is 55.0. The van der Waals surface area contributed by atoms with Crippen LogP contribution >= 0.6 is 0 Å². The van der Waals surface area contributed by atoms with E-state index < -0.39 is 27.5 Å². The van der Waals surface area contributed by atoms with E-state index in [9.17, 15) is 17.2 Å². The molecule has 0 saturated carbocycles. The van der Waals surface area contributed by atoms with E-state index in [0.717, 1.165) is 12.3 Å². The van der Waals surface area contributed by atoms with Crippen LogP contribution in [0.4, 0.5) is 8.78 Å². The molecule has 0 fully saturated rings. The lowest BCUT2D eigenvalue weighted by atomic mass is 10.2. The molecular formula is C13H10F2N4O2S. The predicted octanol–water partition coefficient (Wildman–Crippen LogP) is 1.80. The molecule has 3 aromatic rings. The van der Waals surface area contributed by atoms with E-state index in [4.69, 9.17) is 0 Å². The topological polar surface area (TPSA) is 69.8 Å². The van der Waals surface area contributed by atoms with Crippen molar-refractivity contribution in [1.29, 1.82) is 0 Å². The van der Waals surface area contributed by atoms with Gasteiger partial charge in [-0.3, -0.25) is 0 Å². The Morgan fingerprint density at radius 2 is 1.86 bits per heavy atom. The number of rotatable bonds is 3. The minimum Gasteiger partial charge on any atom is -0.323 e. The number of hydrogen-bond donors (Lipinski definition) is 0. The van der Waals surface area contributed by atoms with Crippen LogP contribution < -0.4 is 0 Å². The summed E-state index contributed by atoms with van der Waals surface area (Å²) in [7, 11) is -2.68. The normalized spacial score (nSPS) is 11.8. The van der Waals surface area contributed by atoms with Crippen LogP contribution in [0.5, 0.6) is 0 Å². The Balaban J connectivity index is 2.28. The first-order valence-electron chi connectivity index (χ1n) is 6.13. The molecule has 6 nitrogen and oxygen atoms in total. The predicted molar refractivity (Wildman–Crippen MR) is 73.4 cm³/mol.